The Bertz CT molecular complexity index is 288. The minimum absolute atomic E-state index is 0.209. The number of hydrogen-bond donors (Lipinski definition) is 2. The van der Waals surface area contributed by atoms with Crippen molar-refractivity contribution >= 4 is 5.97 Å². The van der Waals surface area contributed by atoms with Gasteiger partial charge < -0.3 is 10.0 Å². The summed E-state index contributed by atoms with van der Waals surface area (Å²) in [6.07, 6.45) is 4.74. The molecule has 19 heavy (non-hydrogen) atoms. The maximum atomic E-state index is 11.7. The Morgan fingerprint density at radius 3 is 2.37 bits per heavy atom. The zero-order valence-electron chi connectivity index (χ0n) is 12.9. The standard InChI is InChI=1S/C15H30N2O2/c1-5-9-17(10-6-2)13-7-8-15(11-13,14(18)19)16-12(3)4/h12-13,16H,5-11H2,1-4H3,(H,18,19). The van der Waals surface area contributed by atoms with E-state index in [0.717, 1.165) is 45.2 Å². The lowest BCUT2D eigenvalue weighted by atomic mass is 9.96. The highest BCUT2D eigenvalue weighted by Crippen LogP contribution is 2.34. The number of rotatable bonds is 8. The zero-order chi connectivity index (χ0) is 14.5. The minimum atomic E-state index is -0.710. The summed E-state index contributed by atoms with van der Waals surface area (Å²) in [6, 6.07) is 0.628. The van der Waals surface area contributed by atoms with Crippen molar-refractivity contribution in [2.45, 2.75) is 77.4 Å². The molecule has 0 radical (unpaired) electrons. The SMILES string of the molecule is CCCN(CCC)C1CCC(NC(C)C)(C(=O)O)C1. The first kappa shape index (κ1) is 16.4. The Morgan fingerprint density at radius 1 is 1.37 bits per heavy atom. The molecule has 0 amide bonds. The van der Waals surface area contributed by atoms with Gasteiger partial charge in [0.25, 0.3) is 0 Å². The molecule has 2 unspecified atom stereocenters. The molecule has 0 heterocycles. The molecule has 1 rings (SSSR count). The minimum Gasteiger partial charge on any atom is -0.480 e. The number of nitrogens with zero attached hydrogens (tertiary/aromatic N) is 1. The maximum Gasteiger partial charge on any atom is 0.323 e. The van der Waals surface area contributed by atoms with Crippen LogP contribution < -0.4 is 5.32 Å². The van der Waals surface area contributed by atoms with Crippen LogP contribution in [0.5, 0.6) is 0 Å². The molecule has 4 nitrogen and oxygen atoms in total. The summed E-state index contributed by atoms with van der Waals surface area (Å²) in [5.41, 5.74) is -0.710. The summed E-state index contributed by atoms with van der Waals surface area (Å²) >= 11 is 0. The number of carboxylic acids is 1. The first-order chi connectivity index (χ1) is 8.95. The van der Waals surface area contributed by atoms with Gasteiger partial charge in [-0.25, -0.2) is 0 Å². The molecule has 0 aliphatic heterocycles. The van der Waals surface area contributed by atoms with E-state index in [1.165, 1.54) is 0 Å². The van der Waals surface area contributed by atoms with Crippen molar-refractivity contribution in [3.8, 4) is 0 Å². The second kappa shape index (κ2) is 7.25. The summed E-state index contributed by atoms with van der Waals surface area (Å²) < 4.78 is 0. The third kappa shape index (κ3) is 4.18. The van der Waals surface area contributed by atoms with Gasteiger partial charge in [-0.2, -0.15) is 0 Å². The molecule has 0 aromatic heterocycles. The van der Waals surface area contributed by atoms with Crippen LogP contribution in [0.1, 0.15) is 59.8 Å². The summed E-state index contributed by atoms with van der Waals surface area (Å²) in [4.78, 5) is 14.1. The third-order valence-electron chi connectivity index (χ3n) is 4.00. The van der Waals surface area contributed by atoms with Gasteiger partial charge in [0.15, 0.2) is 0 Å². The maximum absolute atomic E-state index is 11.7. The highest BCUT2D eigenvalue weighted by molar-refractivity contribution is 5.79. The third-order valence-corrected chi connectivity index (χ3v) is 4.00. The number of nitrogens with one attached hydrogen (secondary N) is 1. The molecule has 0 aromatic rings. The lowest BCUT2D eigenvalue weighted by Crippen LogP contribution is -2.54. The van der Waals surface area contributed by atoms with Gasteiger partial charge in [0.1, 0.15) is 5.54 Å². The Balaban J connectivity index is 2.73. The molecule has 0 bridgehead atoms. The van der Waals surface area contributed by atoms with E-state index in [1.54, 1.807) is 0 Å². The van der Waals surface area contributed by atoms with Gasteiger partial charge in [0.05, 0.1) is 0 Å². The first-order valence-electron chi connectivity index (χ1n) is 7.70. The van der Waals surface area contributed by atoms with Crippen LogP contribution in [0.15, 0.2) is 0 Å². The molecular weight excluding hydrogens is 240 g/mol. The molecule has 112 valence electrons. The fraction of sp³-hybridized carbons (Fsp3) is 0.933. The van der Waals surface area contributed by atoms with E-state index in [1.807, 2.05) is 13.8 Å². The van der Waals surface area contributed by atoms with Crippen LogP contribution >= 0.6 is 0 Å². The summed E-state index contributed by atoms with van der Waals surface area (Å²) in [5, 5.41) is 12.9. The molecule has 0 saturated heterocycles. The molecule has 1 aliphatic carbocycles. The van der Waals surface area contributed by atoms with Crippen molar-refractivity contribution in [2.24, 2.45) is 0 Å². The predicted molar refractivity (Wildman–Crippen MR) is 78.4 cm³/mol. The second-order valence-corrected chi connectivity index (χ2v) is 6.12. The monoisotopic (exact) mass is 270 g/mol. The molecule has 4 heteroatoms. The topological polar surface area (TPSA) is 52.6 Å². The summed E-state index contributed by atoms with van der Waals surface area (Å²) in [5.74, 6) is -0.684. The number of hydrogen-bond acceptors (Lipinski definition) is 3. The number of carbonyl (C=O) groups is 1. The fourth-order valence-electron chi connectivity index (χ4n) is 3.32. The Morgan fingerprint density at radius 2 is 1.95 bits per heavy atom. The Kier molecular flexibility index (Phi) is 6.27. The van der Waals surface area contributed by atoms with Crippen molar-refractivity contribution < 1.29 is 9.90 Å². The quantitative estimate of drug-likeness (QED) is 0.711. The average molecular weight is 270 g/mol. The molecule has 2 atom stereocenters. The molecule has 0 spiro atoms. The normalized spacial score (nSPS) is 27.4. The van der Waals surface area contributed by atoms with E-state index in [0.29, 0.717) is 6.04 Å². The van der Waals surface area contributed by atoms with Gasteiger partial charge >= 0.3 is 5.97 Å². The molecular formula is C15H30N2O2. The Labute approximate surface area is 117 Å². The molecule has 1 saturated carbocycles. The van der Waals surface area contributed by atoms with Crippen LogP contribution in [0.2, 0.25) is 0 Å². The van der Waals surface area contributed by atoms with Gasteiger partial charge in [-0.3, -0.25) is 10.1 Å². The Hall–Kier alpha value is -0.610. The van der Waals surface area contributed by atoms with Gasteiger partial charge in [-0.05, 0) is 59.0 Å². The lowest BCUT2D eigenvalue weighted by molar-refractivity contribution is -0.145. The molecule has 2 N–H and O–H groups in total. The van der Waals surface area contributed by atoms with Crippen molar-refractivity contribution in [1.29, 1.82) is 0 Å². The van der Waals surface area contributed by atoms with Crippen molar-refractivity contribution in [2.75, 3.05) is 13.1 Å². The van der Waals surface area contributed by atoms with Crippen molar-refractivity contribution in [3.63, 3.8) is 0 Å². The van der Waals surface area contributed by atoms with E-state index < -0.39 is 11.5 Å². The molecule has 1 fully saturated rings. The van der Waals surface area contributed by atoms with E-state index in [2.05, 4.69) is 24.1 Å². The van der Waals surface area contributed by atoms with E-state index in [9.17, 15) is 9.90 Å². The zero-order valence-corrected chi connectivity index (χ0v) is 12.9. The highest BCUT2D eigenvalue weighted by atomic mass is 16.4. The lowest BCUT2D eigenvalue weighted by Gasteiger charge is -2.32. The molecule has 1 aliphatic rings. The average Bonchev–Trinajstić information content (AvgIpc) is 2.73. The highest BCUT2D eigenvalue weighted by Gasteiger charge is 2.46. The molecule has 0 aromatic carbocycles. The summed E-state index contributed by atoms with van der Waals surface area (Å²) in [6.45, 7) is 10.6. The smallest absolute Gasteiger partial charge is 0.323 e. The van der Waals surface area contributed by atoms with Crippen LogP contribution in [0.4, 0.5) is 0 Å². The van der Waals surface area contributed by atoms with Crippen molar-refractivity contribution in [1.82, 2.24) is 10.2 Å². The van der Waals surface area contributed by atoms with Gasteiger partial charge in [-0.15, -0.1) is 0 Å². The van der Waals surface area contributed by atoms with E-state index in [4.69, 9.17) is 0 Å². The van der Waals surface area contributed by atoms with E-state index in [-0.39, 0.29) is 6.04 Å². The van der Waals surface area contributed by atoms with Gasteiger partial charge in [0.2, 0.25) is 0 Å². The van der Waals surface area contributed by atoms with E-state index >= 15 is 0 Å². The number of carboxylic acid groups (broad SMARTS) is 1. The largest absolute Gasteiger partial charge is 0.480 e. The van der Waals surface area contributed by atoms with Crippen LogP contribution in [-0.2, 0) is 4.79 Å². The summed E-state index contributed by atoms with van der Waals surface area (Å²) in [7, 11) is 0. The van der Waals surface area contributed by atoms with Crippen LogP contribution in [-0.4, -0.2) is 46.7 Å². The predicted octanol–water partition coefficient (Wildman–Crippen LogP) is 2.48. The fourth-order valence-corrected chi connectivity index (χ4v) is 3.32. The number of aliphatic carboxylic acids is 1. The second-order valence-electron chi connectivity index (χ2n) is 6.12. The van der Waals surface area contributed by atoms with Crippen molar-refractivity contribution in [3.05, 3.63) is 0 Å². The van der Waals surface area contributed by atoms with Crippen LogP contribution in [0.3, 0.4) is 0 Å². The first-order valence-corrected chi connectivity index (χ1v) is 7.70. The van der Waals surface area contributed by atoms with Gasteiger partial charge in [0, 0.05) is 12.1 Å². The van der Waals surface area contributed by atoms with Crippen LogP contribution in [0.25, 0.3) is 0 Å². The van der Waals surface area contributed by atoms with Crippen LogP contribution in [0, 0.1) is 0 Å². The van der Waals surface area contributed by atoms with Gasteiger partial charge in [-0.1, -0.05) is 13.8 Å².